The maximum absolute atomic E-state index is 8.86. The summed E-state index contributed by atoms with van der Waals surface area (Å²) >= 11 is 5.96. The zero-order valence-corrected chi connectivity index (χ0v) is 11.3. The summed E-state index contributed by atoms with van der Waals surface area (Å²) in [5.74, 6) is 0.523. The van der Waals surface area contributed by atoms with Gasteiger partial charge < -0.3 is 9.68 Å². The second-order valence-corrected chi connectivity index (χ2v) is 4.86. The molecule has 0 unspecified atom stereocenters. The molecule has 0 fully saturated rings. The Labute approximate surface area is 122 Å². The summed E-state index contributed by atoms with van der Waals surface area (Å²) in [5, 5.41) is 11.8. The van der Waals surface area contributed by atoms with Crippen LogP contribution in [-0.2, 0) is 0 Å². The summed E-state index contributed by atoms with van der Waals surface area (Å²) in [6.07, 6.45) is 0. The minimum atomic E-state index is 0.523. The minimum Gasteiger partial charge on any atom is -0.537 e. The van der Waals surface area contributed by atoms with Crippen molar-refractivity contribution in [2.75, 3.05) is 0 Å². The lowest BCUT2D eigenvalue weighted by molar-refractivity contribution is 0.455. The van der Waals surface area contributed by atoms with Gasteiger partial charge in [-0.3, -0.25) is 0 Å². The van der Waals surface area contributed by atoms with Crippen molar-refractivity contribution >= 4 is 30.1 Å². The van der Waals surface area contributed by atoms with Crippen LogP contribution in [-0.4, -0.2) is 12.7 Å². The molecule has 1 radical (unpaired) electrons. The smallest absolute Gasteiger partial charge is 0.537 e. The number of halogens is 1. The molecule has 3 aromatic carbocycles. The maximum Gasteiger partial charge on any atom is 0.569 e. The van der Waals surface area contributed by atoms with Crippen LogP contribution in [0.4, 0.5) is 0 Å². The molecular weight excluding hydrogens is 270 g/mol. The van der Waals surface area contributed by atoms with Crippen LogP contribution >= 0.6 is 11.6 Å². The van der Waals surface area contributed by atoms with Gasteiger partial charge in [0.15, 0.2) is 0 Å². The van der Waals surface area contributed by atoms with Gasteiger partial charge in [-0.25, -0.2) is 0 Å². The van der Waals surface area contributed by atoms with Gasteiger partial charge in [-0.2, -0.15) is 0 Å². The van der Waals surface area contributed by atoms with Crippen molar-refractivity contribution in [1.29, 1.82) is 0 Å². The number of rotatable bonds is 3. The SMILES string of the molecule is O[B]Oc1cc(Cl)ccc1-c1ccc2ccccc2c1. The van der Waals surface area contributed by atoms with E-state index in [1.54, 1.807) is 12.1 Å². The molecule has 20 heavy (non-hydrogen) atoms. The predicted octanol–water partition coefficient (Wildman–Crippen LogP) is 4.07. The molecular formula is C16H11BClO2. The van der Waals surface area contributed by atoms with Gasteiger partial charge in [0.05, 0.1) is 0 Å². The lowest BCUT2D eigenvalue weighted by Gasteiger charge is -2.11. The summed E-state index contributed by atoms with van der Waals surface area (Å²) in [4.78, 5) is 0. The van der Waals surface area contributed by atoms with Gasteiger partial charge in [-0.1, -0.05) is 48.0 Å². The summed E-state index contributed by atoms with van der Waals surface area (Å²) in [5.41, 5.74) is 1.89. The zero-order chi connectivity index (χ0) is 13.9. The molecule has 3 aromatic rings. The van der Waals surface area contributed by atoms with E-state index in [1.807, 2.05) is 24.3 Å². The Balaban J connectivity index is 2.14. The van der Waals surface area contributed by atoms with Crippen molar-refractivity contribution in [1.82, 2.24) is 0 Å². The van der Waals surface area contributed by atoms with Crippen LogP contribution in [0.15, 0.2) is 60.7 Å². The number of benzene rings is 3. The van der Waals surface area contributed by atoms with E-state index < -0.39 is 0 Å². The Kier molecular flexibility index (Phi) is 3.63. The Bertz CT molecular complexity index is 758. The van der Waals surface area contributed by atoms with E-state index in [-0.39, 0.29) is 0 Å². The van der Waals surface area contributed by atoms with Gasteiger partial charge in [0, 0.05) is 10.6 Å². The Morgan fingerprint density at radius 1 is 0.900 bits per heavy atom. The van der Waals surface area contributed by atoms with E-state index in [2.05, 4.69) is 24.3 Å². The molecule has 0 heterocycles. The molecule has 0 saturated heterocycles. The van der Waals surface area contributed by atoms with Gasteiger partial charge >= 0.3 is 7.69 Å². The molecule has 0 aromatic heterocycles. The molecule has 0 bridgehead atoms. The Hall–Kier alpha value is -1.97. The summed E-state index contributed by atoms with van der Waals surface area (Å²) in [7, 11) is 0.663. The van der Waals surface area contributed by atoms with Crippen LogP contribution in [0.2, 0.25) is 5.02 Å². The van der Waals surface area contributed by atoms with Crippen molar-refractivity contribution in [3.8, 4) is 16.9 Å². The second-order valence-electron chi connectivity index (χ2n) is 4.43. The summed E-state index contributed by atoms with van der Waals surface area (Å²) in [6.45, 7) is 0. The average molecular weight is 282 g/mol. The van der Waals surface area contributed by atoms with E-state index in [4.69, 9.17) is 21.3 Å². The third-order valence-corrected chi connectivity index (χ3v) is 3.42. The molecule has 1 N–H and O–H groups in total. The van der Waals surface area contributed by atoms with Crippen molar-refractivity contribution in [2.45, 2.75) is 0 Å². The predicted molar refractivity (Wildman–Crippen MR) is 83.0 cm³/mol. The fourth-order valence-corrected chi connectivity index (χ4v) is 2.41. The second kappa shape index (κ2) is 5.57. The average Bonchev–Trinajstić information content (AvgIpc) is 2.47. The third kappa shape index (κ3) is 2.51. The highest BCUT2D eigenvalue weighted by molar-refractivity contribution is 6.31. The normalized spacial score (nSPS) is 10.5. The fraction of sp³-hybridized carbons (Fsp3) is 0. The minimum absolute atomic E-state index is 0.523. The molecule has 0 aliphatic carbocycles. The lowest BCUT2D eigenvalue weighted by atomic mass is 10.0. The van der Waals surface area contributed by atoms with Gasteiger partial charge in [-0.15, -0.1) is 0 Å². The molecule has 0 atom stereocenters. The molecule has 4 heteroatoms. The molecule has 97 valence electrons. The monoisotopic (exact) mass is 281 g/mol. The van der Waals surface area contributed by atoms with Crippen molar-refractivity contribution in [2.24, 2.45) is 0 Å². The number of hydrogen-bond acceptors (Lipinski definition) is 2. The highest BCUT2D eigenvalue weighted by atomic mass is 35.5. The molecule has 0 spiro atoms. The topological polar surface area (TPSA) is 29.5 Å². The summed E-state index contributed by atoms with van der Waals surface area (Å²) < 4.78 is 5.13. The van der Waals surface area contributed by atoms with E-state index in [9.17, 15) is 0 Å². The van der Waals surface area contributed by atoms with Gasteiger partial charge in [0.25, 0.3) is 0 Å². The zero-order valence-electron chi connectivity index (χ0n) is 10.6. The molecule has 3 rings (SSSR count). The highest BCUT2D eigenvalue weighted by Crippen LogP contribution is 2.33. The molecule has 0 aliphatic rings. The first-order valence-corrected chi connectivity index (χ1v) is 6.57. The summed E-state index contributed by atoms with van der Waals surface area (Å²) in [6, 6.07) is 19.7. The molecule has 0 saturated carbocycles. The van der Waals surface area contributed by atoms with E-state index in [0.29, 0.717) is 18.5 Å². The molecule has 0 amide bonds. The van der Waals surface area contributed by atoms with Crippen LogP contribution in [0.25, 0.3) is 21.9 Å². The molecule has 2 nitrogen and oxygen atoms in total. The third-order valence-electron chi connectivity index (χ3n) is 3.18. The van der Waals surface area contributed by atoms with Crippen LogP contribution in [0.1, 0.15) is 0 Å². The lowest BCUT2D eigenvalue weighted by Crippen LogP contribution is -2.01. The maximum atomic E-state index is 8.86. The largest absolute Gasteiger partial charge is 0.569 e. The van der Waals surface area contributed by atoms with Crippen LogP contribution in [0.5, 0.6) is 5.75 Å². The Morgan fingerprint density at radius 3 is 2.50 bits per heavy atom. The number of hydrogen-bond donors (Lipinski definition) is 1. The van der Waals surface area contributed by atoms with Crippen molar-refractivity contribution in [3.63, 3.8) is 0 Å². The fourth-order valence-electron chi connectivity index (χ4n) is 2.25. The first-order chi connectivity index (χ1) is 9.78. The first-order valence-electron chi connectivity index (χ1n) is 6.19. The quantitative estimate of drug-likeness (QED) is 0.733. The van der Waals surface area contributed by atoms with E-state index in [0.717, 1.165) is 16.5 Å². The van der Waals surface area contributed by atoms with E-state index in [1.165, 1.54) is 5.39 Å². The van der Waals surface area contributed by atoms with Crippen molar-refractivity contribution < 1.29 is 9.68 Å². The van der Waals surface area contributed by atoms with E-state index >= 15 is 0 Å². The van der Waals surface area contributed by atoms with Crippen LogP contribution in [0, 0.1) is 0 Å². The highest BCUT2D eigenvalue weighted by Gasteiger charge is 2.08. The number of fused-ring (bicyclic) bond motifs is 1. The van der Waals surface area contributed by atoms with Gasteiger partial charge in [0.1, 0.15) is 5.75 Å². The van der Waals surface area contributed by atoms with Crippen molar-refractivity contribution in [3.05, 3.63) is 65.7 Å². The standard InChI is InChI=1S/C16H11BClO2/c18-14-7-8-15(16(10-14)20-17-19)13-6-5-11-3-1-2-4-12(11)9-13/h1-10,19H. The Morgan fingerprint density at radius 2 is 1.70 bits per heavy atom. The van der Waals surface area contributed by atoms with Gasteiger partial charge in [-0.05, 0) is 40.6 Å². The van der Waals surface area contributed by atoms with Crippen LogP contribution in [0.3, 0.4) is 0 Å². The molecule has 0 aliphatic heterocycles. The van der Waals surface area contributed by atoms with Gasteiger partial charge in [0.2, 0.25) is 0 Å². The van der Waals surface area contributed by atoms with Crippen LogP contribution < -0.4 is 4.65 Å². The first kappa shape index (κ1) is 13.0.